The number of benzene rings is 1. The first kappa shape index (κ1) is 17.0. The summed E-state index contributed by atoms with van der Waals surface area (Å²) in [6, 6.07) is 6.74. The second-order valence-corrected chi connectivity index (χ2v) is 5.97. The molecular weight excluding hydrogens is 331 g/mol. The summed E-state index contributed by atoms with van der Waals surface area (Å²) in [6.07, 6.45) is 2.14. The molecule has 1 fully saturated rings. The van der Waals surface area contributed by atoms with Gasteiger partial charge in [0, 0.05) is 6.04 Å². The summed E-state index contributed by atoms with van der Waals surface area (Å²) in [7, 11) is 0. The SMILES string of the molecule is O=C(Cn1ccc([N+](=O)[O-])n1)N(CC(O)c1ccc(F)cc1)C1CC1. The molecule has 1 saturated carbocycles. The molecule has 1 unspecified atom stereocenters. The van der Waals surface area contributed by atoms with Gasteiger partial charge in [-0.1, -0.05) is 12.1 Å². The number of nitro groups is 1. The zero-order chi connectivity index (χ0) is 18.0. The van der Waals surface area contributed by atoms with Gasteiger partial charge < -0.3 is 20.1 Å². The molecule has 0 spiro atoms. The summed E-state index contributed by atoms with van der Waals surface area (Å²) < 4.78 is 14.2. The zero-order valence-corrected chi connectivity index (χ0v) is 13.3. The highest BCUT2D eigenvalue weighted by molar-refractivity contribution is 5.76. The third-order valence-corrected chi connectivity index (χ3v) is 4.04. The Labute approximate surface area is 142 Å². The minimum absolute atomic E-state index is 0.0492. The molecule has 1 amide bonds. The summed E-state index contributed by atoms with van der Waals surface area (Å²) in [5, 5.41) is 24.7. The minimum Gasteiger partial charge on any atom is -0.387 e. The molecule has 25 heavy (non-hydrogen) atoms. The molecule has 1 aliphatic rings. The van der Waals surface area contributed by atoms with Crippen molar-refractivity contribution in [3.05, 3.63) is 58.0 Å². The molecule has 3 rings (SSSR count). The number of carbonyl (C=O) groups excluding carboxylic acids is 1. The molecule has 8 nitrogen and oxygen atoms in total. The lowest BCUT2D eigenvalue weighted by Gasteiger charge is -2.25. The Morgan fingerprint density at radius 1 is 1.40 bits per heavy atom. The van der Waals surface area contributed by atoms with Gasteiger partial charge in [-0.2, -0.15) is 4.68 Å². The van der Waals surface area contributed by atoms with Gasteiger partial charge in [-0.15, -0.1) is 0 Å². The Morgan fingerprint density at radius 2 is 2.08 bits per heavy atom. The van der Waals surface area contributed by atoms with Gasteiger partial charge in [-0.05, 0) is 35.5 Å². The Balaban J connectivity index is 1.66. The summed E-state index contributed by atoms with van der Waals surface area (Å²) in [6.45, 7) is -0.0566. The maximum Gasteiger partial charge on any atom is 0.389 e. The zero-order valence-electron chi connectivity index (χ0n) is 13.3. The fourth-order valence-electron chi connectivity index (χ4n) is 2.58. The normalized spacial score (nSPS) is 15.0. The van der Waals surface area contributed by atoms with Crippen LogP contribution in [0.25, 0.3) is 0 Å². The lowest BCUT2D eigenvalue weighted by atomic mass is 10.1. The lowest BCUT2D eigenvalue weighted by Crippen LogP contribution is -2.38. The van der Waals surface area contributed by atoms with Crippen molar-refractivity contribution in [3.63, 3.8) is 0 Å². The highest BCUT2D eigenvalue weighted by Gasteiger charge is 2.34. The van der Waals surface area contributed by atoms with Crippen molar-refractivity contribution >= 4 is 11.7 Å². The smallest absolute Gasteiger partial charge is 0.387 e. The van der Waals surface area contributed by atoms with Gasteiger partial charge in [0.1, 0.15) is 12.4 Å². The summed E-state index contributed by atoms with van der Waals surface area (Å²) in [4.78, 5) is 24.1. The van der Waals surface area contributed by atoms with Gasteiger partial charge in [0.25, 0.3) is 0 Å². The Hall–Kier alpha value is -2.81. The Bertz CT molecular complexity index is 773. The van der Waals surface area contributed by atoms with Crippen LogP contribution in [0.1, 0.15) is 24.5 Å². The number of aromatic nitrogens is 2. The van der Waals surface area contributed by atoms with E-state index in [-0.39, 0.29) is 30.9 Å². The molecule has 0 radical (unpaired) electrons. The summed E-state index contributed by atoms with van der Waals surface area (Å²) in [5.41, 5.74) is 0.523. The van der Waals surface area contributed by atoms with Crippen molar-refractivity contribution in [2.45, 2.75) is 31.5 Å². The molecule has 0 saturated heterocycles. The van der Waals surface area contributed by atoms with Crippen molar-refractivity contribution < 1.29 is 19.2 Å². The van der Waals surface area contributed by atoms with Crippen LogP contribution in [-0.4, -0.2) is 43.2 Å². The maximum absolute atomic E-state index is 13.0. The second kappa shape index (κ2) is 6.98. The van der Waals surface area contributed by atoms with Crippen LogP contribution in [0.4, 0.5) is 10.2 Å². The van der Waals surface area contributed by atoms with Crippen molar-refractivity contribution in [1.29, 1.82) is 0 Å². The molecule has 1 N–H and O–H groups in total. The number of hydrogen-bond donors (Lipinski definition) is 1. The van der Waals surface area contributed by atoms with E-state index in [1.54, 1.807) is 4.90 Å². The molecule has 1 heterocycles. The Kier molecular flexibility index (Phi) is 4.75. The van der Waals surface area contributed by atoms with Crippen molar-refractivity contribution in [1.82, 2.24) is 14.7 Å². The number of aliphatic hydroxyl groups is 1. The van der Waals surface area contributed by atoms with Crippen LogP contribution in [0.2, 0.25) is 0 Å². The third-order valence-electron chi connectivity index (χ3n) is 4.04. The first-order chi connectivity index (χ1) is 11.9. The standard InChI is InChI=1S/C16H17FN4O4/c17-12-3-1-11(2-4-12)14(22)9-20(13-5-6-13)16(23)10-19-8-7-15(18-19)21(24)25/h1-4,7-8,13-14,22H,5-6,9-10H2. The number of hydrogen-bond acceptors (Lipinski definition) is 5. The van der Waals surface area contributed by atoms with Gasteiger partial charge in [0.05, 0.1) is 30.0 Å². The summed E-state index contributed by atoms with van der Waals surface area (Å²) >= 11 is 0. The molecule has 1 aliphatic carbocycles. The average Bonchev–Trinajstić information content (AvgIpc) is 3.31. The second-order valence-electron chi connectivity index (χ2n) is 5.97. The van der Waals surface area contributed by atoms with Crippen LogP contribution in [0.5, 0.6) is 0 Å². The first-order valence-corrected chi connectivity index (χ1v) is 7.85. The van der Waals surface area contributed by atoms with E-state index >= 15 is 0 Å². The highest BCUT2D eigenvalue weighted by Crippen LogP contribution is 2.29. The van der Waals surface area contributed by atoms with Crippen molar-refractivity contribution in [2.24, 2.45) is 0 Å². The van der Waals surface area contributed by atoms with E-state index in [0.717, 1.165) is 12.8 Å². The third kappa shape index (κ3) is 4.18. The molecule has 2 aromatic rings. The molecule has 132 valence electrons. The van der Waals surface area contributed by atoms with Gasteiger partial charge in [-0.3, -0.25) is 4.79 Å². The van der Waals surface area contributed by atoms with Gasteiger partial charge in [-0.25, -0.2) is 4.39 Å². The number of halogens is 1. The number of amides is 1. The van der Waals surface area contributed by atoms with Gasteiger partial charge >= 0.3 is 5.82 Å². The predicted octanol–water partition coefficient (Wildman–Crippen LogP) is 1.65. The van der Waals surface area contributed by atoms with E-state index in [9.17, 15) is 24.4 Å². The van der Waals surface area contributed by atoms with E-state index in [2.05, 4.69) is 5.10 Å². The molecule has 9 heteroatoms. The Morgan fingerprint density at radius 3 is 2.64 bits per heavy atom. The van der Waals surface area contributed by atoms with Crippen LogP contribution in [-0.2, 0) is 11.3 Å². The quantitative estimate of drug-likeness (QED) is 0.606. The number of nitrogens with zero attached hydrogens (tertiary/aromatic N) is 4. The van der Waals surface area contributed by atoms with E-state index in [4.69, 9.17) is 0 Å². The predicted molar refractivity (Wildman–Crippen MR) is 85.0 cm³/mol. The van der Waals surface area contributed by atoms with Crippen LogP contribution in [0.15, 0.2) is 36.5 Å². The van der Waals surface area contributed by atoms with Crippen LogP contribution in [0, 0.1) is 15.9 Å². The fraction of sp³-hybridized carbons (Fsp3) is 0.375. The molecule has 0 aliphatic heterocycles. The first-order valence-electron chi connectivity index (χ1n) is 7.85. The van der Waals surface area contributed by atoms with Crippen LogP contribution < -0.4 is 0 Å². The van der Waals surface area contributed by atoms with E-state index in [1.165, 1.54) is 41.2 Å². The number of rotatable bonds is 7. The van der Waals surface area contributed by atoms with Gasteiger partial charge in [0.2, 0.25) is 5.91 Å². The van der Waals surface area contributed by atoms with E-state index in [0.29, 0.717) is 5.56 Å². The average molecular weight is 348 g/mol. The molecule has 0 bridgehead atoms. The topological polar surface area (TPSA) is 102 Å². The summed E-state index contributed by atoms with van der Waals surface area (Å²) in [5.74, 6) is -0.995. The highest BCUT2D eigenvalue weighted by atomic mass is 19.1. The van der Waals surface area contributed by atoms with E-state index < -0.39 is 16.8 Å². The molecule has 1 aromatic carbocycles. The van der Waals surface area contributed by atoms with Crippen molar-refractivity contribution in [2.75, 3.05) is 6.54 Å². The fourth-order valence-corrected chi connectivity index (χ4v) is 2.58. The molecular formula is C16H17FN4O4. The maximum atomic E-state index is 13.0. The monoisotopic (exact) mass is 348 g/mol. The van der Waals surface area contributed by atoms with E-state index in [1.807, 2.05) is 0 Å². The van der Waals surface area contributed by atoms with Gasteiger partial charge in [0.15, 0.2) is 0 Å². The minimum atomic E-state index is -0.933. The number of carbonyl (C=O) groups is 1. The van der Waals surface area contributed by atoms with Crippen molar-refractivity contribution in [3.8, 4) is 0 Å². The lowest BCUT2D eigenvalue weighted by molar-refractivity contribution is -0.389. The van der Waals surface area contributed by atoms with Crippen LogP contribution in [0.3, 0.4) is 0 Å². The molecule has 1 atom stereocenters. The number of aliphatic hydroxyl groups excluding tert-OH is 1. The largest absolute Gasteiger partial charge is 0.389 e. The molecule has 1 aromatic heterocycles. The van der Waals surface area contributed by atoms with Crippen LogP contribution >= 0.6 is 0 Å².